The molecule has 7 nitrogen and oxygen atoms in total. The standard InChI is InChI=1S/C14H23NO6/c1-9-4-6-14(8-16,7-5-9)13(21)15-10(12(19)20)2-3-11(17)18/h9-10,16H,2-8H2,1H3,(H,15,21)(H,17,18)(H,19,20). The van der Waals surface area contributed by atoms with Crippen LogP contribution in [0.25, 0.3) is 0 Å². The minimum absolute atomic E-state index is 0.172. The van der Waals surface area contributed by atoms with E-state index in [-0.39, 0.29) is 19.4 Å². The Bertz CT molecular complexity index is 400. The summed E-state index contributed by atoms with van der Waals surface area (Å²) in [5.41, 5.74) is -0.941. The Morgan fingerprint density at radius 2 is 1.81 bits per heavy atom. The third kappa shape index (κ3) is 4.70. The molecule has 1 saturated carbocycles. The van der Waals surface area contributed by atoms with Crippen molar-refractivity contribution in [2.45, 2.75) is 51.5 Å². The maximum Gasteiger partial charge on any atom is 0.326 e. The Labute approximate surface area is 123 Å². The number of rotatable bonds is 7. The molecule has 1 aliphatic carbocycles. The lowest BCUT2D eigenvalue weighted by Crippen LogP contribution is -2.51. The van der Waals surface area contributed by atoms with E-state index in [2.05, 4.69) is 12.2 Å². The summed E-state index contributed by atoms with van der Waals surface area (Å²) < 4.78 is 0. The SMILES string of the molecule is CC1CCC(CO)(C(=O)NC(CCC(=O)O)C(=O)O)CC1. The molecule has 0 aliphatic heterocycles. The zero-order valence-corrected chi connectivity index (χ0v) is 12.2. The molecule has 120 valence electrons. The van der Waals surface area contributed by atoms with E-state index in [9.17, 15) is 19.5 Å². The first kappa shape index (κ1) is 17.4. The predicted molar refractivity (Wildman–Crippen MR) is 73.6 cm³/mol. The Morgan fingerprint density at radius 3 is 2.24 bits per heavy atom. The normalized spacial score (nSPS) is 26.9. The van der Waals surface area contributed by atoms with Crippen molar-refractivity contribution in [1.29, 1.82) is 0 Å². The molecule has 4 N–H and O–H groups in total. The second kappa shape index (κ2) is 7.40. The number of carboxylic acid groups (broad SMARTS) is 2. The van der Waals surface area contributed by atoms with E-state index in [1.165, 1.54) is 0 Å². The molecule has 1 rings (SSSR count). The summed E-state index contributed by atoms with van der Waals surface area (Å²) in [7, 11) is 0. The number of aliphatic hydroxyl groups is 1. The Hall–Kier alpha value is -1.63. The van der Waals surface area contributed by atoms with Gasteiger partial charge in [-0.2, -0.15) is 0 Å². The van der Waals surface area contributed by atoms with Crippen LogP contribution >= 0.6 is 0 Å². The highest BCUT2D eigenvalue weighted by Gasteiger charge is 2.41. The van der Waals surface area contributed by atoms with E-state index < -0.39 is 29.3 Å². The second-order valence-electron chi connectivity index (χ2n) is 5.92. The van der Waals surface area contributed by atoms with E-state index in [1.54, 1.807) is 0 Å². The first-order valence-electron chi connectivity index (χ1n) is 7.17. The zero-order valence-electron chi connectivity index (χ0n) is 12.2. The average molecular weight is 301 g/mol. The van der Waals surface area contributed by atoms with Crippen LogP contribution in [0.1, 0.15) is 45.4 Å². The van der Waals surface area contributed by atoms with E-state index in [0.717, 1.165) is 12.8 Å². The lowest BCUT2D eigenvalue weighted by molar-refractivity contribution is -0.147. The van der Waals surface area contributed by atoms with Gasteiger partial charge in [-0.1, -0.05) is 6.92 Å². The second-order valence-corrected chi connectivity index (χ2v) is 5.92. The number of hydrogen-bond donors (Lipinski definition) is 4. The molecule has 0 radical (unpaired) electrons. The molecule has 1 aliphatic rings. The molecule has 0 aromatic heterocycles. The van der Waals surface area contributed by atoms with Gasteiger partial charge >= 0.3 is 11.9 Å². The van der Waals surface area contributed by atoms with Crippen molar-refractivity contribution in [2.24, 2.45) is 11.3 Å². The van der Waals surface area contributed by atoms with E-state index in [0.29, 0.717) is 18.8 Å². The van der Waals surface area contributed by atoms with Gasteiger partial charge in [0.05, 0.1) is 12.0 Å². The van der Waals surface area contributed by atoms with Crippen LogP contribution in [0.2, 0.25) is 0 Å². The molecule has 1 atom stereocenters. The van der Waals surface area contributed by atoms with Gasteiger partial charge in [0.2, 0.25) is 5.91 Å². The first-order valence-corrected chi connectivity index (χ1v) is 7.17. The van der Waals surface area contributed by atoms with Crippen LogP contribution in [0.3, 0.4) is 0 Å². The minimum Gasteiger partial charge on any atom is -0.481 e. The fourth-order valence-corrected chi connectivity index (χ4v) is 2.61. The monoisotopic (exact) mass is 301 g/mol. The van der Waals surface area contributed by atoms with Gasteiger partial charge in [-0.15, -0.1) is 0 Å². The van der Waals surface area contributed by atoms with Crippen LogP contribution < -0.4 is 5.32 Å². The fraction of sp³-hybridized carbons (Fsp3) is 0.786. The van der Waals surface area contributed by atoms with Gasteiger partial charge in [0, 0.05) is 6.42 Å². The minimum atomic E-state index is -1.26. The number of aliphatic hydroxyl groups excluding tert-OH is 1. The molecule has 1 unspecified atom stereocenters. The molecule has 1 fully saturated rings. The lowest BCUT2D eigenvalue weighted by Gasteiger charge is -2.37. The third-order valence-electron chi connectivity index (χ3n) is 4.27. The van der Waals surface area contributed by atoms with Gasteiger partial charge in [0.25, 0.3) is 0 Å². The van der Waals surface area contributed by atoms with Crippen LogP contribution in [-0.2, 0) is 14.4 Å². The maximum atomic E-state index is 12.3. The van der Waals surface area contributed by atoms with E-state index >= 15 is 0 Å². The number of carboxylic acids is 2. The van der Waals surface area contributed by atoms with Gasteiger partial charge < -0.3 is 20.6 Å². The number of nitrogens with one attached hydrogen (secondary N) is 1. The number of carbonyl (C=O) groups is 3. The highest BCUT2D eigenvalue weighted by atomic mass is 16.4. The summed E-state index contributed by atoms with van der Waals surface area (Å²) in [4.78, 5) is 34.0. The van der Waals surface area contributed by atoms with Gasteiger partial charge in [0.15, 0.2) is 0 Å². The van der Waals surface area contributed by atoms with Gasteiger partial charge in [0.1, 0.15) is 6.04 Å². The summed E-state index contributed by atoms with van der Waals surface area (Å²) in [6.45, 7) is 1.75. The van der Waals surface area contributed by atoms with Crippen molar-refractivity contribution < 1.29 is 29.7 Å². The third-order valence-corrected chi connectivity index (χ3v) is 4.27. The van der Waals surface area contributed by atoms with Crippen LogP contribution in [-0.4, -0.2) is 45.8 Å². The van der Waals surface area contributed by atoms with Crippen molar-refractivity contribution in [3.05, 3.63) is 0 Å². The van der Waals surface area contributed by atoms with Crippen LogP contribution in [0.5, 0.6) is 0 Å². The van der Waals surface area contributed by atoms with Gasteiger partial charge in [-0.05, 0) is 38.0 Å². The summed E-state index contributed by atoms with van der Waals surface area (Å²) in [6, 6.07) is -1.24. The van der Waals surface area contributed by atoms with Crippen LogP contribution in [0.15, 0.2) is 0 Å². The molecule has 0 spiro atoms. The van der Waals surface area contributed by atoms with Crippen LogP contribution in [0, 0.1) is 11.3 Å². The molecular weight excluding hydrogens is 278 g/mol. The average Bonchev–Trinajstić information content (AvgIpc) is 2.43. The van der Waals surface area contributed by atoms with Crippen molar-refractivity contribution in [1.82, 2.24) is 5.32 Å². The first-order chi connectivity index (χ1) is 9.80. The number of hydrogen-bond acceptors (Lipinski definition) is 4. The van der Waals surface area contributed by atoms with Gasteiger partial charge in [-0.25, -0.2) is 4.79 Å². The molecular formula is C14H23NO6. The maximum absolute atomic E-state index is 12.3. The zero-order chi connectivity index (χ0) is 16.0. The van der Waals surface area contributed by atoms with E-state index in [1.807, 2.05) is 0 Å². The molecule has 0 saturated heterocycles. The predicted octanol–water partition coefficient (Wildman–Crippen LogP) is 0.609. The highest BCUT2D eigenvalue weighted by Crippen LogP contribution is 2.38. The van der Waals surface area contributed by atoms with Crippen molar-refractivity contribution >= 4 is 17.8 Å². The molecule has 1 amide bonds. The molecule has 0 aromatic rings. The number of carbonyl (C=O) groups excluding carboxylic acids is 1. The quantitative estimate of drug-likeness (QED) is 0.546. The largest absolute Gasteiger partial charge is 0.481 e. The van der Waals surface area contributed by atoms with Crippen molar-refractivity contribution in [3.63, 3.8) is 0 Å². The topological polar surface area (TPSA) is 124 Å². The Balaban J connectivity index is 2.70. The molecule has 0 bridgehead atoms. The smallest absolute Gasteiger partial charge is 0.326 e. The van der Waals surface area contributed by atoms with Crippen molar-refractivity contribution in [2.75, 3.05) is 6.61 Å². The number of amides is 1. The molecule has 0 aromatic carbocycles. The summed E-state index contributed by atoms with van der Waals surface area (Å²) >= 11 is 0. The highest BCUT2D eigenvalue weighted by molar-refractivity contribution is 5.87. The van der Waals surface area contributed by atoms with Gasteiger partial charge in [-0.3, -0.25) is 9.59 Å². The molecule has 21 heavy (non-hydrogen) atoms. The van der Waals surface area contributed by atoms with E-state index in [4.69, 9.17) is 10.2 Å². The van der Waals surface area contributed by atoms with Crippen LogP contribution in [0.4, 0.5) is 0 Å². The molecule has 7 heteroatoms. The summed E-state index contributed by atoms with van der Waals surface area (Å²) in [5.74, 6) is -2.38. The van der Waals surface area contributed by atoms with Crippen molar-refractivity contribution in [3.8, 4) is 0 Å². The molecule has 0 heterocycles. The Kier molecular flexibility index (Phi) is 6.14. The lowest BCUT2D eigenvalue weighted by atomic mass is 9.70. The fourth-order valence-electron chi connectivity index (χ4n) is 2.61. The Morgan fingerprint density at radius 1 is 1.24 bits per heavy atom. The summed E-state index contributed by atoms with van der Waals surface area (Å²) in [5, 5.41) is 29.6. The number of aliphatic carboxylic acids is 2. The summed E-state index contributed by atoms with van der Waals surface area (Å²) in [6.07, 6.45) is 2.14.